The summed E-state index contributed by atoms with van der Waals surface area (Å²) in [5.41, 5.74) is 6.50. The molecule has 3 rings (SSSR count). The number of benzene rings is 1. The molecule has 122 valence electrons. The molecule has 0 unspecified atom stereocenters. The molecule has 0 aliphatic heterocycles. The molecule has 1 aromatic heterocycles. The molecule has 5 nitrogen and oxygen atoms in total. The van der Waals surface area contributed by atoms with Gasteiger partial charge in [0.05, 0.1) is 0 Å². The van der Waals surface area contributed by atoms with Gasteiger partial charge in [-0.2, -0.15) is 0 Å². The summed E-state index contributed by atoms with van der Waals surface area (Å²) in [6.45, 7) is 1.78. The molecule has 2 aromatic rings. The van der Waals surface area contributed by atoms with Crippen LogP contribution in [0.1, 0.15) is 41.6 Å². The van der Waals surface area contributed by atoms with Crippen molar-refractivity contribution in [2.75, 3.05) is 0 Å². The highest BCUT2D eigenvalue weighted by Crippen LogP contribution is 2.24. The number of nitrogens with two attached hydrogens (primary N) is 1. The van der Waals surface area contributed by atoms with Crippen LogP contribution in [-0.4, -0.2) is 18.0 Å². The predicted molar refractivity (Wildman–Crippen MR) is 92.6 cm³/mol. The third kappa shape index (κ3) is 3.33. The average Bonchev–Trinajstić information content (AvgIpc) is 2.50. The summed E-state index contributed by atoms with van der Waals surface area (Å²) in [6, 6.07) is 5.66. The maximum atomic E-state index is 12.6. The lowest BCUT2D eigenvalue weighted by Crippen LogP contribution is -2.42. The van der Waals surface area contributed by atoms with E-state index in [0.717, 1.165) is 35.5 Å². The zero-order valence-electron chi connectivity index (χ0n) is 12.9. The minimum absolute atomic E-state index is 0.0688. The van der Waals surface area contributed by atoms with Crippen LogP contribution in [0, 0.1) is 6.92 Å². The van der Waals surface area contributed by atoms with Crippen molar-refractivity contribution in [2.24, 2.45) is 5.73 Å². The number of carbonyl (C=O) groups is 1. The van der Waals surface area contributed by atoms with Crippen LogP contribution in [0.3, 0.4) is 0 Å². The summed E-state index contributed by atoms with van der Waals surface area (Å²) in [7, 11) is 0. The second-order valence-electron chi connectivity index (χ2n) is 6.12. The largest absolute Gasteiger partial charge is 0.422 e. The fourth-order valence-electron chi connectivity index (χ4n) is 3.11. The lowest BCUT2D eigenvalue weighted by Gasteiger charge is -2.26. The molecule has 1 saturated carbocycles. The summed E-state index contributed by atoms with van der Waals surface area (Å²) in [6.07, 6.45) is 3.47. The van der Waals surface area contributed by atoms with Crippen LogP contribution in [0.25, 0.3) is 11.0 Å². The van der Waals surface area contributed by atoms with Crippen LogP contribution >= 0.6 is 15.9 Å². The number of amides is 1. The third-order valence-corrected chi connectivity index (χ3v) is 4.95. The summed E-state index contributed by atoms with van der Waals surface area (Å²) in [5, 5.41) is 3.71. The maximum absolute atomic E-state index is 12.6. The average molecular weight is 379 g/mol. The smallest absolute Gasteiger partial charge is 0.349 e. The number of rotatable bonds is 2. The lowest BCUT2D eigenvalue weighted by atomic mass is 9.91. The van der Waals surface area contributed by atoms with Crippen molar-refractivity contribution in [2.45, 2.75) is 44.7 Å². The first-order valence-corrected chi connectivity index (χ1v) is 8.54. The zero-order chi connectivity index (χ0) is 16.6. The third-order valence-electron chi connectivity index (χ3n) is 4.46. The van der Waals surface area contributed by atoms with Gasteiger partial charge in [0.1, 0.15) is 11.1 Å². The highest BCUT2D eigenvalue weighted by Gasteiger charge is 2.24. The van der Waals surface area contributed by atoms with Gasteiger partial charge < -0.3 is 15.5 Å². The van der Waals surface area contributed by atoms with E-state index in [1.54, 1.807) is 19.1 Å². The van der Waals surface area contributed by atoms with E-state index < -0.39 is 5.63 Å². The Morgan fingerprint density at radius 3 is 2.70 bits per heavy atom. The molecule has 1 aliphatic carbocycles. The molecule has 0 bridgehead atoms. The van der Waals surface area contributed by atoms with E-state index in [1.165, 1.54) is 0 Å². The Kier molecular flexibility index (Phi) is 4.55. The van der Waals surface area contributed by atoms with E-state index in [0.29, 0.717) is 11.1 Å². The quantitative estimate of drug-likeness (QED) is 0.786. The number of halogens is 1. The molecule has 6 heteroatoms. The maximum Gasteiger partial charge on any atom is 0.349 e. The van der Waals surface area contributed by atoms with Gasteiger partial charge in [0.25, 0.3) is 5.91 Å². The molecule has 0 atom stereocenters. The highest BCUT2D eigenvalue weighted by atomic mass is 79.9. The van der Waals surface area contributed by atoms with Gasteiger partial charge in [0, 0.05) is 21.9 Å². The summed E-state index contributed by atoms with van der Waals surface area (Å²) < 4.78 is 6.17. The first kappa shape index (κ1) is 16.2. The Bertz CT molecular complexity index is 807. The van der Waals surface area contributed by atoms with E-state index in [9.17, 15) is 9.59 Å². The normalized spacial score (nSPS) is 21.3. The number of nitrogens with one attached hydrogen (secondary N) is 1. The van der Waals surface area contributed by atoms with Crippen LogP contribution < -0.4 is 16.7 Å². The molecular formula is C17H19BrN2O3. The molecule has 1 amide bonds. The molecule has 3 N–H and O–H groups in total. The number of aryl methyl sites for hydroxylation is 1. The molecule has 0 saturated heterocycles. The number of hydrogen-bond donors (Lipinski definition) is 2. The zero-order valence-corrected chi connectivity index (χ0v) is 14.5. The molecular weight excluding hydrogens is 360 g/mol. The van der Waals surface area contributed by atoms with Crippen molar-refractivity contribution < 1.29 is 9.21 Å². The SMILES string of the molecule is Cc1c(C(=O)NC2CCC(N)CC2)c(=O)oc2ccc(Br)cc12. The van der Waals surface area contributed by atoms with Gasteiger partial charge in [-0.3, -0.25) is 4.79 Å². The van der Waals surface area contributed by atoms with E-state index in [-0.39, 0.29) is 23.6 Å². The van der Waals surface area contributed by atoms with E-state index in [4.69, 9.17) is 10.2 Å². The second kappa shape index (κ2) is 6.45. The van der Waals surface area contributed by atoms with Crippen molar-refractivity contribution in [3.8, 4) is 0 Å². The summed E-state index contributed by atoms with van der Waals surface area (Å²) >= 11 is 3.40. The Morgan fingerprint density at radius 2 is 2.00 bits per heavy atom. The van der Waals surface area contributed by atoms with Crippen molar-refractivity contribution >= 4 is 32.8 Å². The minimum atomic E-state index is -0.595. The fourth-order valence-corrected chi connectivity index (χ4v) is 3.47. The molecule has 23 heavy (non-hydrogen) atoms. The monoisotopic (exact) mass is 378 g/mol. The first-order chi connectivity index (χ1) is 11.0. The van der Waals surface area contributed by atoms with Gasteiger partial charge in [0.2, 0.25) is 0 Å². The Labute approximate surface area is 142 Å². The number of hydrogen-bond acceptors (Lipinski definition) is 4. The van der Waals surface area contributed by atoms with Gasteiger partial charge in [-0.1, -0.05) is 15.9 Å². The molecule has 1 heterocycles. The van der Waals surface area contributed by atoms with Crippen molar-refractivity contribution in [3.63, 3.8) is 0 Å². The number of carbonyl (C=O) groups excluding carboxylic acids is 1. The second-order valence-corrected chi connectivity index (χ2v) is 7.03. The van der Waals surface area contributed by atoms with Gasteiger partial charge in [0.15, 0.2) is 0 Å². The highest BCUT2D eigenvalue weighted by molar-refractivity contribution is 9.10. The fraction of sp³-hybridized carbons (Fsp3) is 0.412. The first-order valence-electron chi connectivity index (χ1n) is 7.75. The van der Waals surface area contributed by atoms with Crippen LogP contribution in [0.4, 0.5) is 0 Å². The molecule has 1 fully saturated rings. The topological polar surface area (TPSA) is 85.3 Å². The van der Waals surface area contributed by atoms with Gasteiger partial charge in [-0.15, -0.1) is 0 Å². The lowest BCUT2D eigenvalue weighted by molar-refractivity contribution is 0.0921. The standard InChI is InChI=1S/C17H19BrN2O3/c1-9-13-8-10(18)2-7-14(13)23-17(22)15(9)16(21)20-12-5-3-11(19)4-6-12/h2,7-8,11-12H,3-6,19H2,1H3,(H,20,21). The Morgan fingerprint density at radius 1 is 1.30 bits per heavy atom. The van der Waals surface area contributed by atoms with Gasteiger partial charge in [-0.25, -0.2) is 4.79 Å². The van der Waals surface area contributed by atoms with E-state index in [1.807, 2.05) is 6.07 Å². The predicted octanol–water partition coefficient (Wildman–Crippen LogP) is 2.86. The van der Waals surface area contributed by atoms with Gasteiger partial charge >= 0.3 is 5.63 Å². The Balaban J connectivity index is 1.92. The molecule has 1 aromatic carbocycles. The molecule has 0 radical (unpaired) electrons. The van der Waals surface area contributed by atoms with Crippen LogP contribution in [0.2, 0.25) is 0 Å². The minimum Gasteiger partial charge on any atom is -0.422 e. The van der Waals surface area contributed by atoms with Crippen LogP contribution in [0.15, 0.2) is 31.9 Å². The summed E-state index contributed by atoms with van der Waals surface area (Å²) in [4.78, 5) is 24.8. The number of fused-ring (bicyclic) bond motifs is 1. The van der Waals surface area contributed by atoms with Crippen LogP contribution in [0.5, 0.6) is 0 Å². The van der Waals surface area contributed by atoms with E-state index >= 15 is 0 Å². The molecule has 1 aliphatic rings. The summed E-state index contributed by atoms with van der Waals surface area (Å²) in [5.74, 6) is -0.362. The van der Waals surface area contributed by atoms with Crippen molar-refractivity contribution in [3.05, 3.63) is 44.2 Å². The van der Waals surface area contributed by atoms with Crippen molar-refractivity contribution in [1.29, 1.82) is 0 Å². The van der Waals surface area contributed by atoms with E-state index in [2.05, 4.69) is 21.2 Å². The van der Waals surface area contributed by atoms with Crippen molar-refractivity contribution in [1.82, 2.24) is 5.32 Å². The Hall–Kier alpha value is -1.66. The van der Waals surface area contributed by atoms with Crippen LogP contribution in [-0.2, 0) is 0 Å². The molecule has 0 spiro atoms. The van der Waals surface area contributed by atoms with Gasteiger partial charge in [-0.05, 0) is 56.4 Å².